The average molecular weight is 399 g/mol. The van der Waals surface area contributed by atoms with Crippen LogP contribution < -0.4 is 5.32 Å². The highest BCUT2D eigenvalue weighted by Gasteiger charge is 2.23. The zero-order valence-corrected chi connectivity index (χ0v) is 16.7. The Morgan fingerprint density at radius 2 is 1.70 bits per heavy atom. The molecule has 5 heteroatoms. The molecule has 3 aromatic rings. The summed E-state index contributed by atoms with van der Waals surface area (Å²) >= 11 is 7.56. The molecular weight excluding hydrogens is 376 g/mol. The first-order valence-corrected chi connectivity index (χ1v) is 10.8. The number of hydrogen-bond acceptors (Lipinski definition) is 2. The minimum absolute atomic E-state index is 0.0378. The van der Waals surface area contributed by atoms with Crippen molar-refractivity contribution in [1.29, 1.82) is 0 Å². The Hall–Kier alpha value is -2.04. The van der Waals surface area contributed by atoms with Crippen molar-refractivity contribution in [3.63, 3.8) is 0 Å². The molecule has 27 heavy (non-hydrogen) atoms. The van der Waals surface area contributed by atoms with E-state index < -0.39 is 0 Å². The number of amides is 1. The van der Waals surface area contributed by atoms with Crippen molar-refractivity contribution in [3.8, 4) is 16.8 Å². The molecule has 1 amide bonds. The molecule has 140 valence electrons. The normalized spacial score (nSPS) is 15.4. The average Bonchev–Trinajstić information content (AvgIpc) is 3.28. The molecule has 1 saturated carbocycles. The zero-order chi connectivity index (χ0) is 18.6. The van der Waals surface area contributed by atoms with Crippen molar-refractivity contribution in [3.05, 3.63) is 64.1 Å². The van der Waals surface area contributed by atoms with Gasteiger partial charge in [0, 0.05) is 34.4 Å². The van der Waals surface area contributed by atoms with Gasteiger partial charge in [-0.2, -0.15) is 0 Å². The number of benzene rings is 1. The minimum Gasteiger partial charge on any atom is -0.349 e. The van der Waals surface area contributed by atoms with Crippen molar-refractivity contribution in [1.82, 2.24) is 9.88 Å². The summed E-state index contributed by atoms with van der Waals surface area (Å²) in [6.07, 6.45) is 11.1. The van der Waals surface area contributed by atoms with Gasteiger partial charge in [-0.3, -0.25) is 4.79 Å². The van der Waals surface area contributed by atoms with E-state index in [0.29, 0.717) is 11.1 Å². The lowest BCUT2D eigenvalue weighted by atomic mass is 10.1. The molecule has 2 heterocycles. The molecule has 0 bridgehead atoms. The Labute approximate surface area is 169 Å². The molecule has 0 spiro atoms. The van der Waals surface area contributed by atoms with E-state index in [0.717, 1.165) is 34.5 Å². The number of nitrogens with one attached hydrogen (secondary N) is 1. The van der Waals surface area contributed by atoms with E-state index in [2.05, 4.69) is 10.7 Å². The summed E-state index contributed by atoms with van der Waals surface area (Å²) in [5, 5.41) is 6.07. The molecule has 1 aliphatic carbocycles. The van der Waals surface area contributed by atoms with E-state index >= 15 is 0 Å². The monoisotopic (exact) mass is 398 g/mol. The first-order valence-electron chi connectivity index (χ1n) is 9.54. The predicted octanol–water partition coefficient (Wildman–Crippen LogP) is 6.31. The molecule has 4 rings (SSSR count). The summed E-state index contributed by atoms with van der Waals surface area (Å²) in [5.74, 6) is 0.0378. The fourth-order valence-electron chi connectivity index (χ4n) is 3.76. The van der Waals surface area contributed by atoms with Crippen molar-refractivity contribution >= 4 is 28.8 Å². The Morgan fingerprint density at radius 1 is 1.04 bits per heavy atom. The maximum absolute atomic E-state index is 13.1. The molecule has 1 aliphatic rings. The van der Waals surface area contributed by atoms with Gasteiger partial charge in [0.1, 0.15) is 4.88 Å². The van der Waals surface area contributed by atoms with Crippen molar-refractivity contribution in [2.75, 3.05) is 0 Å². The van der Waals surface area contributed by atoms with Crippen LogP contribution in [-0.2, 0) is 0 Å². The Balaban J connectivity index is 1.68. The summed E-state index contributed by atoms with van der Waals surface area (Å²) in [7, 11) is 0. The Bertz CT molecular complexity index is 891. The second-order valence-electron chi connectivity index (χ2n) is 7.09. The molecule has 0 unspecified atom stereocenters. The second-order valence-corrected chi connectivity index (χ2v) is 8.40. The highest BCUT2D eigenvalue weighted by atomic mass is 35.5. The summed E-state index contributed by atoms with van der Waals surface area (Å²) in [6, 6.07) is 12.0. The van der Waals surface area contributed by atoms with E-state index in [9.17, 15) is 4.79 Å². The maximum Gasteiger partial charge on any atom is 0.263 e. The van der Waals surface area contributed by atoms with Gasteiger partial charge in [0.15, 0.2) is 0 Å². The van der Waals surface area contributed by atoms with E-state index in [1.165, 1.54) is 37.0 Å². The van der Waals surface area contributed by atoms with Crippen LogP contribution in [0.1, 0.15) is 48.2 Å². The third-order valence-electron chi connectivity index (χ3n) is 5.18. The van der Waals surface area contributed by atoms with Crippen LogP contribution in [0.3, 0.4) is 0 Å². The van der Waals surface area contributed by atoms with E-state index in [1.54, 1.807) is 0 Å². The number of carbonyl (C=O) groups excluding carboxylic acids is 1. The highest BCUT2D eigenvalue weighted by molar-refractivity contribution is 7.13. The third-order valence-corrected chi connectivity index (χ3v) is 6.40. The van der Waals surface area contributed by atoms with Crippen LogP contribution in [0.4, 0.5) is 0 Å². The van der Waals surface area contributed by atoms with E-state index in [-0.39, 0.29) is 5.91 Å². The fraction of sp³-hybridized carbons (Fsp3) is 0.318. The van der Waals surface area contributed by atoms with Gasteiger partial charge in [-0.1, -0.05) is 49.4 Å². The lowest BCUT2D eigenvalue weighted by Gasteiger charge is -2.17. The van der Waals surface area contributed by atoms with Gasteiger partial charge in [-0.05, 0) is 42.7 Å². The molecule has 2 aromatic heterocycles. The van der Waals surface area contributed by atoms with Gasteiger partial charge < -0.3 is 9.88 Å². The Morgan fingerprint density at radius 3 is 2.37 bits per heavy atom. The van der Waals surface area contributed by atoms with Gasteiger partial charge in [-0.15, -0.1) is 11.3 Å². The molecule has 0 atom stereocenters. The van der Waals surface area contributed by atoms with Crippen LogP contribution in [0.5, 0.6) is 0 Å². The molecule has 1 aromatic carbocycles. The zero-order valence-electron chi connectivity index (χ0n) is 15.2. The van der Waals surface area contributed by atoms with Crippen LogP contribution in [0.15, 0.2) is 54.2 Å². The van der Waals surface area contributed by atoms with Crippen molar-refractivity contribution in [2.24, 2.45) is 0 Å². The molecule has 0 radical (unpaired) electrons. The van der Waals surface area contributed by atoms with E-state index in [4.69, 9.17) is 11.6 Å². The van der Waals surface area contributed by atoms with Crippen LogP contribution >= 0.6 is 22.9 Å². The topological polar surface area (TPSA) is 34.0 Å². The third kappa shape index (κ3) is 4.12. The van der Waals surface area contributed by atoms with Crippen LogP contribution in [0, 0.1) is 0 Å². The molecule has 0 aliphatic heterocycles. The lowest BCUT2D eigenvalue weighted by Crippen LogP contribution is -2.34. The van der Waals surface area contributed by atoms with Gasteiger partial charge in [-0.25, -0.2) is 0 Å². The first kappa shape index (κ1) is 18.3. The maximum atomic E-state index is 13.1. The number of halogens is 1. The summed E-state index contributed by atoms with van der Waals surface area (Å²) in [5.41, 5.74) is 3.06. The number of nitrogens with zero attached hydrogens (tertiary/aromatic N) is 1. The van der Waals surface area contributed by atoms with Crippen molar-refractivity contribution in [2.45, 2.75) is 44.6 Å². The highest BCUT2D eigenvalue weighted by Crippen LogP contribution is 2.35. The van der Waals surface area contributed by atoms with Crippen LogP contribution in [0.2, 0.25) is 5.02 Å². The van der Waals surface area contributed by atoms with Crippen LogP contribution in [-0.4, -0.2) is 16.5 Å². The van der Waals surface area contributed by atoms with Gasteiger partial charge in [0.2, 0.25) is 0 Å². The minimum atomic E-state index is 0.0378. The fourth-order valence-corrected chi connectivity index (χ4v) is 4.86. The largest absolute Gasteiger partial charge is 0.349 e. The number of thiophene rings is 1. The summed E-state index contributed by atoms with van der Waals surface area (Å²) < 4.78 is 2.03. The summed E-state index contributed by atoms with van der Waals surface area (Å²) in [6.45, 7) is 0. The van der Waals surface area contributed by atoms with Gasteiger partial charge in [0.05, 0.1) is 5.69 Å². The van der Waals surface area contributed by atoms with Gasteiger partial charge in [0.25, 0.3) is 5.91 Å². The molecular formula is C22H23ClN2OS. The second kappa shape index (κ2) is 8.32. The quantitative estimate of drug-likeness (QED) is 0.513. The number of rotatable bonds is 4. The molecule has 3 nitrogen and oxygen atoms in total. The predicted molar refractivity (Wildman–Crippen MR) is 113 cm³/mol. The van der Waals surface area contributed by atoms with Crippen molar-refractivity contribution < 1.29 is 4.79 Å². The van der Waals surface area contributed by atoms with Gasteiger partial charge >= 0.3 is 0 Å². The standard InChI is InChI=1S/C22H23ClN2OS/c23-17-11-9-16(10-12-17)19-15-27-21(20(19)25-13-5-6-14-25)22(26)24-18-7-3-1-2-4-8-18/h5-6,9-15,18H,1-4,7-8H2,(H,24,26). The first-order chi connectivity index (χ1) is 13.2. The smallest absolute Gasteiger partial charge is 0.263 e. The number of hydrogen-bond donors (Lipinski definition) is 1. The number of carbonyl (C=O) groups is 1. The Kier molecular flexibility index (Phi) is 5.65. The number of aromatic nitrogens is 1. The SMILES string of the molecule is O=C(NC1CCCCCC1)c1scc(-c2ccc(Cl)cc2)c1-n1cccc1. The van der Waals surface area contributed by atoms with E-state index in [1.807, 2.05) is 53.4 Å². The molecule has 0 saturated heterocycles. The lowest BCUT2D eigenvalue weighted by molar-refractivity contribution is 0.0937. The molecule has 1 N–H and O–H groups in total. The molecule has 1 fully saturated rings. The summed E-state index contributed by atoms with van der Waals surface area (Å²) in [4.78, 5) is 13.9. The van der Waals surface area contributed by atoms with Crippen LogP contribution in [0.25, 0.3) is 16.8 Å².